The number of anilines is 2. The van der Waals surface area contributed by atoms with Crippen LogP contribution < -0.4 is 15.4 Å². The minimum absolute atomic E-state index is 0.109. The maximum Gasteiger partial charge on any atom is 0.255 e. The Morgan fingerprint density at radius 3 is 2.57 bits per heavy atom. The topological polar surface area (TPSA) is 92.9 Å². The van der Waals surface area contributed by atoms with Crippen LogP contribution in [0.1, 0.15) is 6.42 Å². The second kappa shape index (κ2) is 6.52. The van der Waals surface area contributed by atoms with Gasteiger partial charge in [-0.15, -0.1) is 10.2 Å². The van der Waals surface area contributed by atoms with Crippen LogP contribution in [-0.4, -0.2) is 54.9 Å². The first kappa shape index (κ1) is 17.1. The van der Waals surface area contributed by atoms with Crippen molar-refractivity contribution < 1.29 is 0 Å². The summed E-state index contributed by atoms with van der Waals surface area (Å²) in [5.74, 6) is 1.49. The maximum absolute atomic E-state index is 12.5. The Morgan fingerprint density at radius 2 is 1.89 bits per heavy atom. The quantitative estimate of drug-likeness (QED) is 0.651. The van der Waals surface area contributed by atoms with Gasteiger partial charge in [0.1, 0.15) is 6.33 Å². The number of aromatic nitrogens is 6. The van der Waals surface area contributed by atoms with E-state index >= 15 is 0 Å². The highest BCUT2D eigenvalue weighted by Crippen LogP contribution is 2.36. The van der Waals surface area contributed by atoms with Crippen LogP contribution in [0, 0.1) is 0 Å². The molecular weight excluding hydrogens is 380 g/mol. The Bertz CT molecular complexity index is 1070. The smallest absolute Gasteiger partial charge is 0.255 e. The van der Waals surface area contributed by atoms with E-state index in [1.54, 1.807) is 29.9 Å². The highest BCUT2D eigenvalue weighted by atomic mass is 35.5. The van der Waals surface area contributed by atoms with Crippen molar-refractivity contribution in [1.82, 2.24) is 29.7 Å². The molecule has 3 aromatic rings. The highest BCUT2D eigenvalue weighted by Gasteiger charge is 2.45. The predicted octanol–water partition coefficient (Wildman–Crippen LogP) is 1.15. The summed E-state index contributed by atoms with van der Waals surface area (Å²) in [6, 6.07) is 7.45. The van der Waals surface area contributed by atoms with Gasteiger partial charge in [0.05, 0.1) is 23.5 Å². The zero-order valence-corrected chi connectivity index (χ0v) is 15.9. The van der Waals surface area contributed by atoms with Gasteiger partial charge in [0, 0.05) is 32.4 Å². The van der Waals surface area contributed by atoms with E-state index in [4.69, 9.17) is 16.6 Å². The first-order valence-corrected chi connectivity index (χ1v) is 9.35. The van der Waals surface area contributed by atoms with Crippen LogP contribution in [0.4, 0.5) is 11.8 Å². The zero-order valence-electron chi connectivity index (χ0n) is 15.1. The molecule has 0 N–H and O–H groups in total. The lowest BCUT2D eigenvalue weighted by molar-refractivity contribution is 0.608. The summed E-state index contributed by atoms with van der Waals surface area (Å²) in [6.45, 7) is 1.57. The number of rotatable bonds is 3. The average Bonchev–Trinajstić information content (AvgIpc) is 3.32. The molecular formula is C18H17ClN8O. The van der Waals surface area contributed by atoms with Gasteiger partial charge in [0.25, 0.3) is 5.56 Å². The minimum Gasteiger partial charge on any atom is -0.348 e. The minimum atomic E-state index is -0.109. The lowest BCUT2D eigenvalue weighted by atomic mass is 10.2. The molecule has 10 heteroatoms. The fraction of sp³-hybridized carbons (Fsp3) is 0.333. The van der Waals surface area contributed by atoms with Gasteiger partial charge in [-0.2, -0.15) is 0 Å². The Balaban J connectivity index is 1.45. The second-order valence-electron chi connectivity index (χ2n) is 7.00. The molecule has 142 valence electrons. The van der Waals surface area contributed by atoms with E-state index in [1.165, 1.54) is 12.4 Å². The van der Waals surface area contributed by atoms with Gasteiger partial charge < -0.3 is 9.80 Å². The number of hydrogen-bond donors (Lipinski definition) is 0. The Labute approximate surface area is 165 Å². The summed E-state index contributed by atoms with van der Waals surface area (Å²) in [5.41, 5.74) is 1.09. The Kier molecular flexibility index (Phi) is 3.97. The van der Waals surface area contributed by atoms with E-state index in [0.717, 1.165) is 25.3 Å². The molecule has 2 bridgehead atoms. The number of fused-ring (bicyclic) bond motifs is 2. The predicted molar refractivity (Wildman–Crippen MR) is 104 cm³/mol. The van der Waals surface area contributed by atoms with Crippen molar-refractivity contribution in [2.24, 2.45) is 7.05 Å². The lowest BCUT2D eigenvalue weighted by Gasteiger charge is -2.35. The molecule has 2 fully saturated rings. The van der Waals surface area contributed by atoms with Crippen LogP contribution in [0.5, 0.6) is 0 Å². The van der Waals surface area contributed by atoms with Gasteiger partial charge in [-0.3, -0.25) is 9.36 Å². The molecule has 1 unspecified atom stereocenters. The molecule has 28 heavy (non-hydrogen) atoms. The summed E-state index contributed by atoms with van der Waals surface area (Å²) in [4.78, 5) is 29.9. The summed E-state index contributed by atoms with van der Waals surface area (Å²) < 4.78 is 1.60. The number of halogens is 1. The Morgan fingerprint density at radius 1 is 1.07 bits per heavy atom. The molecule has 0 aliphatic carbocycles. The van der Waals surface area contributed by atoms with Crippen LogP contribution in [0.3, 0.4) is 0 Å². The first-order chi connectivity index (χ1) is 13.6. The SMILES string of the molecule is Cn1c(N2CC3C[C@H]2CN3c2ccc(Cl)nn2)nc(-c2ccncn2)cc1=O. The summed E-state index contributed by atoms with van der Waals surface area (Å²) in [6.07, 6.45) is 4.08. The van der Waals surface area contributed by atoms with Gasteiger partial charge in [0.15, 0.2) is 11.0 Å². The fourth-order valence-corrected chi connectivity index (χ4v) is 4.11. The summed E-state index contributed by atoms with van der Waals surface area (Å²) in [5, 5.41) is 8.53. The third-order valence-corrected chi connectivity index (χ3v) is 5.57. The van der Waals surface area contributed by atoms with Gasteiger partial charge in [-0.05, 0) is 24.6 Å². The molecule has 2 aliphatic heterocycles. The number of piperazine rings is 1. The van der Waals surface area contributed by atoms with Crippen molar-refractivity contribution in [3.8, 4) is 11.4 Å². The fourth-order valence-electron chi connectivity index (χ4n) is 4.01. The molecule has 2 saturated heterocycles. The summed E-state index contributed by atoms with van der Waals surface area (Å²) in [7, 11) is 1.75. The highest BCUT2D eigenvalue weighted by molar-refractivity contribution is 6.29. The second-order valence-corrected chi connectivity index (χ2v) is 7.38. The van der Waals surface area contributed by atoms with Crippen molar-refractivity contribution in [2.75, 3.05) is 22.9 Å². The molecule has 2 atom stereocenters. The van der Waals surface area contributed by atoms with Gasteiger partial charge in [-0.1, -0.05) is 11.6 Å². The van der Waals surface area contributed by atoms with Crippen molar-refractivity contribution >= 4 is 23.4 Å². The largest absolute Gasteiger partial charge is 0.348 e. The molecule has 0 spiro atoms. The lowest BCUT2D eigenvalue weighted by Crippen LogP contribution is -2.48. The van der Waals surface area contributed by atoms with Crippen LogP contribution in [0.25, 0.3) is 11.4 Å². The van der Waals surface area contributed by atoms with Crippen LogP contribution in [-0.2, 0) is 7.05 Å². The normalized spacial score (nSPS) is 20.8. The third kappa shape index (κ3) is 2.78. The van der Waals surface area contributed by atoms with Crippen LogP contribution >= 0.6 is 11.6 Å². The van der Waals surface area contributed by atoms with Crippen LogP contribution in [0.2, 0.25) is 5.15 Å². The standard InChI is InChI=1S/C18H17ClN8O/c1-25-17(28)7-14(13-4-5-20-10-21-13)22-18(25)27-9-11-6-12(27)8-26(11)16-3-2-15(19)23-24-16/h2-5,7,10-12H,6,8-9H2,1H3/t11?,12-/m0/s1. The van der Waals surface area contributed by atoms with Gasteiger partial charge in [0.2, 0.25) is 5.95 Å². The molecule has 2 aliphatic rings. The Hall–Kier alpha value is -3.07. The van der Waals surface area contributed by atoms with Gasteiger partial charge >= 0.3 is 0 Å². The summed E-state index contributed by atoms with van der Waals surface area (Å²) >= 11 is 5.85. The molecule has 9 nitrogen and oxygen atoms in total. The first-order valence-electron chi connectivity index (χ1n) is 8.97. The number of hydrogen-bond acceptors (Lipinski definition) is 8. The molecule has 3 aromatic heterocycles. The van der Waals surface area contributed by atoms with Crippen LogP contribution in [0.15, 0.2) is 41.6 Å². The molecule has 0 saturated carbocycles. The van der Waals surface area contributed by atoms with E-state index in [9.17, 15) is 4.79 Å². The van der Waals surface area contributed by atoms with Crippen molar-refractivity contribution in [3.63, 3.8) is 0 Å². The monoisotopic (exact) mass is 396 g/mol. The van der Waals surface area contributed by atoms with E-state index in [-0.39, 0.29) is 11.6 Å². The third-order valence-electron chi connectivity index (χ3n) is 5.37. The van der Waals surface area contributed by atoms with Crippen molar-refractivity contribution in [1.29, 1.82) is 0 Å². The van der Waals surface area contributed by atoms with Crippen molar-refractivity contribution in [2.45, 2.75) is 18.5 Å². The van der Waals surface area contributed by atoms with E-state index < -0.39 is 0 Å². The van der Waals surface area contributed by atoms with E-state index in [2.05, 4.69) is 30.0 Å². The maximum atomic E-state index is 12.5. The molecule has 0 radical (unpaired) electrons. The van der Waals surface area contributed by atoms with Gasteiger partial charge in [-0.25, -0.2) is 15.0 Å². The van der Waals surface area contributed by atoms with E-state index in [0.29, 0.717) is 28.5 Å². The van der Waals surface area contributed by atoms with Crippen molar-refractivity contribution in [3.05, 3.63) is 52.3 Å². The molecule has 0 amide bonds. The molecule has 0 aromatic carbocycles. The molecule has 5 rings (SSSR count). The average molecular weight is 397 g/mol. The van der Waals surface area contributed by atoms with E-state index in [1.807, 2.05) is 6.07 Å². The zero-order chi connectivity index (χ0) is 19.3. The molecule has 5 heterocycles. The number of nitrogens with zero attached hydrogens (tertiary/aromatic N) is 8.